The van der Waals surface area contributed by atoms with Gasteiger partial charge in [0.2, 0.25) is 5.91 Å². The highest BCUT2D eigenvalue weighted by atomic mass is 16.8. The number of aliphatic hydroxyl groups is 11. The van der Waals surface area contributed by atoms with Crippen molar-refractivity contribution in [3.63, 3.8) is 0 Å². The summed E-state index contributed by atoms with van der Waals surface area (Å²) in [7, 11) is 0. The fourth-order valence-corrected chi connectivity index (χ4v) is 12.4. The third-order valence-electron chi connectivity index (χ3n) is 18.3. The minimum absolute atomic E-state index is 0.239. The van der Waals surface area contributed by atoms with Crippen molar-refractivity contribution in [2.24, 2.45) is 0 Å². The number of nitrogens with one attached hydrogen (secondary N) is 1. The fraction of sp³-hybridized carbons (Fsp3) is 0.929. The summed E-state index contributed by atoms with van der Waals surface area (Å²) < 4.78 is 34.3. The molecule has 3 saturated heterocycles. The van der Waals surface area contributed by atoms with E-state index in [4.69, 9.17) is 28.4 Å². The van der Waals surface area contributed by atoms with Crippen molar-refractivity contribution in [2.45, 2.75) is 388 Å². The number of aliphatic hydroxyl groups excluding tert-OH is 11. The van der Waals surface area contributed by atoms with Crippen LogP contribution in [0.3, 0.4) is 0 Å². The number of unbranched alkanes of at least 4 members (excludes halogenated alkanes) is 38. The molecule has 0 aliphatic carbocycles. The molecule has 0 bridgehead atoms. The maximum absolute atomic E-state index is 13.3. The summed E-state index contributed by atoms with van der Waals surface area (Å²) in [6.07, 6.45) is 33.5. The number of carbonyl (C=O) groups is 1. The largest absolute Gasteiger partial charge is 0.394 e. The molecule has 0 aromatic carbocycles. The van der Waals surface area contributed by atoms with Crippen LogP contribution in [0.25, 0.3) is 0 Å². The molecular formula is C70H131NO18. The molecule has 17 unspecified atom stereocenters. The quantitative estimate of drug-likeness (QED) is 0.0199. The number of ether oxygens (including phenoxy) is 6. The summed E-state index contributed by atoms with van der Waals surface area (Å²) in [5, 5.41) is 120. The predicted octanol–water partition coefficient (Wildman–Crippen LogP) is 9.83. The van der Waals surface area contributed by atoms with Gasteiger partial charge in [-0.3, -0.25) is 4.79 Å². The number of rotatable bonds is 56. The molecule has 19 heteroatoms. The third-order valence-corrected chi connectivity index (χ3v) is 18.3. The van der Waals surface area contributed by atoms with Crippen molar-refractivity contribution in [3.8, 4) is 0 Å². The lowest BCUT2D eigenvalue weighted by atomic mass is 9.96. The van der Waals surface area contributed by atoms with E-state index in [-0.39, 0.29) is 18.9 Å². The van der Waals surface area contributed by atoms with E-state index >= 15 is 0 Å². The minimum atomic E-state index is -1.98. The molecule has 0 radical (unpaired) electrons. The van der Waals surface area contributed by atoms with Crippen molar-refractivity contribution in [1.29, 1.82) is 0 Å². The zero-order chi connectivity index (χ0) is 64.7. The van der Waals surface area contributed by atoms with Crippen molar-refractivity contribution in [3.05, 3.63) is 24.3 Å². The van der Waals surface area contributed by atoms with Crippen LogP contribution in [0.4, 0.5) is 0 Å². The van der Waals surface area contributed by atoms with E-state index in [0.29, 0.717) is 12.8 Å². The molecule has 3 fully saturated rings. The van der Waals surface area contributed by atoms with Gasteiger partial charge in [-0.2, -0.15) is 0 Å². The van der Waals surface area contributed by atoms with Crippen LogP contribution in [0.5, 0.6) is 0 Å². The second-order valence-electron chi connectivity index (χ2n) is 26.1. The Bertz CT molecular complexity index is 1710. The number of hydrogen-bond donors (Lipinski definition) is 12. The molecule has 524 valence electrons. The SMILES string of the molecule is CCCCCCCCCCCCCCCCCCCCCCCCCCCCC/C=C/CC/C=C/C(O)C(COC1OC(CO)C(OC2OC(CO)C(OC3OC(CO)C(O)C(O)C3O)C(O)C2O)C(O)C1O)NC(=O)CCCCCCCCCCCCC. The summed E-state index contributed by atoms with van der Waals surface area (Å²) in [6, 6.07) is -0.986. The van der Waals surface area contributed by atoms with Gasteiger partial charge in [-0.1, -0.05) is 269 Å². The maximum Gasteiger partial charge on any atom is 0.220 e. The van der Waals surface area contributed by atoms with Crippen LogP contribution in [0.15, 0.2) is 24.3 Å². The van der Waals surface area contributed by atoms with Gasteiger partial charge in [0, 0.05) is 6.42 Å². The van der Waals surface area contributed by atoms with Gasteiger partial charge in [-0.05, 0) is 32.1 Å². The van der Waals surface area contributed by atoms with Crippen LogP contribution in [0, 0.1) is 0 Å². The van der Waals surface area contributed by atoms with E-state index in [9.17, 15) is 61.0 Å². The molecule has 0 aromatic heterocycles. The highest BCUT2D eigenvalue weighted by molar-refractivity contribution is 5.76. The van der Waals surface area contributed by atoms with Gasteiger partial charge in [0.05, 0.1) is 38.6 Å². The molecule has 3 heterocycles. The molecule has 1 amide bonds. The van der Waals surface area contributed by atoms with E-state index in [1.54, 1.807) is 6.08 Å². The number of allylic oxidation sites excluding steroid dienone is 3. The van der Waals surface area contributed by atoms with E-state index in [1.165, 1.54) is 212 Å². The summed E-state index contributed by atoms with van der Waals surface area (Å²) in [5.41, 5.74) is 0. The lowest BCUT2D eigenvalue weighted by Crippen LogP contribution is -2.66. The minimum Gasteiger partial charge on any atom is -0.394 e. The normalized spacial score (nSPS) is 28.3. The Morgan fingerprint density at radius 2 is 0.719 bits per heavy atom. The van der Waals surface area contributed by atoms with E-state index in [1.807, 2.05) is 6.08 Å². The van der Waals surface area contributed by atoms with Crippen molar-refractivity contribution in [2.75, 3.05) is 26.4 Å². The Morgan fingerprint density at radius 1 is 0.393 bits per heavy atom. The van der Waals surface area contributed by atoms with Crippen LogP contribution in [0.1, 0.15) is 284 Å². The molecule has 0 aromatic rings. The predicted molar refractivity (Wildman–Crippen MR) is 346 cm³/mol. The summed E-state index contributed by atoms with van der Waals surface area (Å²) >= 11 is 0. The fourth-order valence-electron chi connectivity index (χ4n) is 12.4. The maximum atomic E-state index is 13.3. The highest BCUT2D eigenvalue weighted by Crippen LogP contribution is 2.33. The smallest absolute Gasteiger partial charge is 0.220 e. The monoisotopic (exact) mass is 1270 g/mol. The zero-order valence-corrected chi connectivity index (χ0v) is 55.4. The van der Waals surface area contributed by atoms with Gasteiger partial charge < -0.3 is 89.9 Å². The van der Waals surface area contributed by atoms with Crippen LogP contribution < -0.4 is 5.32 Å². The van der Waals surface area contributed by atoms with Gasteiger partial charge in [0.15, 0.2) is 18.9 Å². The Hall–Kier alpha value is -1.73. The summed E-state index contributed by atoms with van der Waals surface area (Å²) in [5.74, 6) is -0.284. The summed E-state index contributed by atoms with van der Waals surface area (Å²) in [4.78, 5) is 13.3. The molecule has 12 N–H and O–H groups in total. The zero-order valence-electron chi connectivity index (χ0n) is 55.4. The first-order chi connectivity index (χ1) is 43.3. The summed E-state index contributed by atoms with van der Waals surface area (Å²) in [6.45, 7) is 1.72. The first-order valence-corrected chi connectivity index (χ1v) is 36.1. The lowest BCUT2D eigenvalue weighted by Gasteiger charge is -2.48. The highest BCUT2D eigenvalue weighted by Gasteiger charge is 2.53. The van der Waals surface area contributed by atoms with Gasteiger partial charge in [0.1, 0.15) is 73.2 Å². The molecule has 17 atom stereocenters. The molecule has 3 aliphatic heterocycles. The average molecular weight is 1270 g/mol. The molecule has 89 heavy (non-hydrogen) atoms. The molecule has 0 spiro atoms. The van der Waals surface area contributed by atoms with E-state index in [2.05, 4.69) is 31.3 Å². The van der Waals surface area contributed by atoms with E-state index < -0.39 is 124 Å². The second-order valence-corrected chi connectivity index (χ2v) is 26.1. The number of amides is 1. The number of hydrogen-bond acceptors (Lipinski definition) is 18. The number of carbonyl (C=O) groups excluding carboxylic acids is 1. The second kappa shape index (κ2) is 52.5. The van der Waals surface area contributed by atoms with Crippen molar-refractivity contribution in [1.82, 2.24) is 5.32 Å². The standard InChI is InChI=1S/C70H131NO18/c1-3-5-7-9-11-13-15-16-17-18-19-20-21-22-23-24-25-26-27-28-29-30-31-32-33-34-35-36-38-39-41-43-45-47-54(75)53(71-58(76)48-46-44-42-40-37-14-12-10-8-6-4-2)52-84-68-64(82)61(79)66(56(50-73)86-68)89-70-65(83)62(80)67(57(51-74)87-70)88-69-63(81)60(78)59(77)55(49-72)85-69/h38-39,45,47,53-57,59-70,72-75,77-83H,3-37,40-44,46,48-52H2,1-2H3,(H,71,76)/b39-38+,47-45+. The molecule has 19 nitrogen and oxygen atoms in total. The van der Waals surface area contributed by atoms with Crippen molar-refractivity contribution < 1.29 is 89.4 Å². The molecule has 0 saturated carbocycles. The van der Waals surface area contributed by atoms with Gasteiger partial charge in [-0.25, -0.2) is 0 Å². The Morgan fingerprint density at radius 3 is 1.12 bits per heavy atom. The van der Waals surface area contributed by atoms with Crippen molar-refractivity contribution >= 4 is 5.91 Å². The van der Waals surface area contributed by atoms with Gasteiger partial charge >= 0.3 is 0 Å². The van der Waals surface area contributed by atoms with Crippen LogP contribution in [-0.4, -0.2) is 193 Å². The molecule has 3 rings (SSSR count). The Labute approximate surface area is 537 Å². The van der Waals surface area contributed by atoms with Gasteiger partial charge in [0.25, 0.3) is 0 Å². The Balaban J connectivity index is 1.36. The topological polar surface area (TPSA) is 307 Å². The third kappa shape index (κ3) is 34.5. The van der Waals surface area contributed by atoms with Crippen LogP contribution in [0.2, 0.25) is 0 Å². The average Bonchev–Trinajstić information content (AvgIpc) is 3.46. The molecule has 3 aliphatic rings. The van der Waals surface area contributed by atoms with Crippen LogP contribution in [-0.2, 0) is 33.2 Å². The first-order valence-electron chi connectivity index (χ1n) is 36.1. The van der Waals surface area contributed by atoms with Crippen LogP contribution >= 0.6 is 0 Å². The molecular weight excluding hydrogens is 1140 g/mol. The van der Waals surface area contributed by atoms with Gasteiger partial charge in [-0.15, -0.1) is 0 Å². The van der Waals surface area contributed by atoms with E-state index in [0.717, 1.165) is 38.5 Å². The first kappa shape index (κ1) is 81.5. The lowest BCUT2D eigenvalue weighted by molar-refractivity contribution is -0.379. The Kier molecular flexibility index (Phi) is 48.1.